The molecule has 11 heteroatoms. The monoisotopic (exact) mass is 616 g/mol. The van der Waals surface area contributed by atoms with Crippen LogP contribution in [0.15, 0.2) is 78.9 Å². The standard InChI is InChI=1S/C34H32O11/c35-16-27-30(40)31(41)32(42)34(45-27)43-25-13-19(4-1-17-2-7-21(36)8-3-17)28-26(15-25)44-33(18-5-9-22(37)10-6-18)29(28)20-11-23(38)14-24(39)12-20/h1-15,27,29-42H,16H2/t27-,29+,30-,31+,32-,33-,34-/m1/s1. The molecule has 0 unspecified atom stereocenters. The summed E-state index contributed by atoms with van der Waals surface area (Å²) in [5, 5.41) is 81.1. The lowest BCUT2D eigenvalue weighted by Crippen LogP contribution is -2.60. The highest BCUT2D eigenvalue weighted by Crippen LogP contribution is 2.53. The molecule has 2 heterocycles. The second-order valence-corrected chi connectivity index (χ2v) is 11.1. The van der Waals surface area contributed by atoms with Crippen LogP contribution in [0, 0.1) is 0 Å². The molecule has 0 saturated carbocycles. The van der Waals surface area contributed by atoms with Gasteiger partial charge in [0.15, 0.2) is 0 Å². The first-order valence-electron chi connectivity index (χ1n) is 14.2. The lowest BCUT2D eigenvalue weighted by molar-refractivity contribution is -0.277. The molecule has 11 nitrogen and oxygen atoms in total. The van der Waals surface area contributed by atoms with Gasteiger partial charge in [0.2, 0.25) is 6.29 Å². The zero-order valence-electron chi connectivity index (χ0n) is 23.7. The Labute approximate surface area is 257 Å². The van der Waals surface area contributed by atoms with Gasteiger partial charge in [-0.15, -0.1) is 0 Å². The summed E-state index contributed by atoms with van der Waals surface area (Å²) in [6, 6.07) is 20.5. The molecule has 2 aliphatic rings. The van der Waals surface area contributed by atoms with Crippen LogP contribution in [0.2, 0.25) is 0 Å². The van der Waals surface area contributed by atoms with Crippen molar-refractivity contribution in [1.82, 2.24) is 0 Å². The van der Waals surface area contributed by atoms with Crippen LogP contribution >= 0.6 is 0 Å². The number of aliphatic hydroxyl groups excluding tert-OH is 4. The fourth-order valence-electron chi connectivity index (χ4n) is 5.75. The van der Waals surface area contributed by atoms with Gasteiger partial charge in [0.1, 0.15) is 65.0 Å². The SMILES string of the molecule is OC[C@H]1O[C@@H](Oc2cc(C=Cc3ccc(O)cc3)c3c(c2)O[C@H](c2ccc(O)cc2)[C@H]3c2cc(O)cc(O)c2)[C@H](O)[C@@H](O)[C@@H]1O. The van der Waals surface area contributed by atoms with Crippen LogP contribution in [0.5, 0.6) is 34.5 Å². The summed E-state index contributed by atoms with van der Waals surface area (Å²) in [7, 11) is 0. The molecule has 45 heavy (non-hydrogen) atoms. The van der Waals surface area contributed by atoms with Gasteiger partial charge in [0.25, 0.3) is 0 Å². The van der Waals surface area contributed by atoms with E-state index < -0.39 is 49.3 Å². The van der Waals surface area contributed by atoms with Crippen molar-refractivity contribution >= 4 is 12.2 Å². The van der Waals surface area contributed by atoms with Gasteiger partial charge in [-0.05, 0) is 64.7 Å². The van der Waals surface area contributed by atoms with Gasteiger partial charge in [-0.1, -0.05) is 36.4 Å². The molecule has 0 radical (unpaired) electrons. The summed E-state index contributed by atoms with van der Waals surface area (Å²) >= 11 is 0. The number of fused-ring (bicyclic) bond motifs is 1. The van der Waals surface area contributed by atoms with Crippen LogP contribution in [-0.4, -0.2) is 78.2 Å². The van der Waals surface area contributed by atoms with Crippen LogP contribution in [0.1, 0.15) is 39.8 Å². The van der Waals surface area contributed by atoms with Crippen molar-refractivity contribution in [1.29, 1.82) is 0 Å². The van der Waals surface area contributed by atoms with Gasteiger partial charge in [-0.2, -0.15) is 0 Å². The average molecular weight is 617 g/mol. The topological polar surface area (TPSA) is 190 Å². The quantitative estimate of drug-likeness (QED) is 0.142. The first-order chi connectivity index (χ1) is 21.6. The van der Waals surface area contributed by atoms with Gasteiger partial charge in [-0.3, -0.25) is 0 Å². The highest BCUT2D eigenvalue weighted by atomic mass is 16.7. The van der Waals surface area contributed by atoms with E-state index in [1.165, 1.54) is 30.3 Å². The van der Waals surface area contributed by atoms with E-state index in [-0.39, 0.29) is 28.7 Å². The van der Waals surface area contributed by atoms with Gasteiger partial charge in [0.05, 0.1) is 12.5 Å². The molecule has 1 saturated heterocycles. The molecule has 2 aliphatic heterocycles. The molecule has 4 aromatic carbocycles. The van der Waals surface area contributed by atoms with Crippen molar-refractivity contribution in [2.24, 2.45) is 0 Å². The number of aromatic hydroxyl groups is 4. The third kappa shape index (κ3) is 6.12. The Morgan fingerprint density at radius 3 is 1.96 bits per heavy atom. The fourth-order valence-corrected chi connectivity index (χ4v) is 5.75. The zero-order chi connectivity index (χ0) is 31.8. The molecule has 8 N–H and O–H groups in total. The van der Waals surface area contributed by atoms with Crippen molar-refractivity contribution in [2.75, 3.05) is 6.61 Å². The van der Waals surface area contributed by atoms with Crippen LogP contribution in [0.25, 0.3) is 12.2 Å². The van der Waals surface area contributed by atoms with Crippen LogP contribution < -0.4 is 9.47 Å². The number of hydrogen-bond donors (Lipinski definition) is 8. The predicted molar refractivity (Wildman–Crippen MR) is 161 cm³/mol. The van der Waals surface area contributed by atoms with E-state index in [0.29, 0.717) is 28.0 Å². The first-order valence-corrected chi connectivity index (χ1v) is 14.2. The van der Waals surface area contributed by atoms with E-state index in [1.807, 2.05) is 0 Å². The summed E-state index contributed by atoms with van der Waals surface area (Å²) < 4.78 is 18.0. The zero-order valence-corrected chi connectivity index (χ0v) is 23.7. The smallest absolute Gasteiger partial charge is 0.229 e. The summed E-state index contributed by atoms with van der Waals surface area (Å²) in [5.41, 5.74) is 3.28. The molecule has 0 aromatic heterocycles. The van der Waals surface area contributed by atoms with E-state index in [1.54, 1.807) is 60.7 Å². The van der Waals surface area contributed by atoms with Crippen LogP contribution in [-0.2, 0) is 4.74 Å². The minimum absolute atomic E-state index is 0.0635. The normalized spacial score (nSPS) is 26.0. The molecular weight excluding hydrogens is 584 g/mol. The van der Waals surface area contributed by atoms with Crippen molar-refractivity contribution in [3.05, 3.63) is 107 Å². The van der Waals surface area contributed by atoms with E-state index in [0.717, 1.165) is 5.56 Å². The Bertz CT molecular complexity index is 1660. The lowest BCUT2D eigenvalue weighted by Gasteiger charge is -2.39. The van der Waals surface area contributed by atoms with Crippen molar-refractivity contribution in [2.45, 2.75) is 42.7 Å². The summed E-state index contributed by atoms with van der Waals surface area (Å²) in [6.45, 7) is -0.620. The van der Waals surface area contributed by atoms with Gasteiger partial charge in [-0.25, -0.2) is 0 Å². The number of benzene rings is 4. The Morgan fingerprint density at radius 1 is 0.667 bits per heavy atom. The van der Waals surface area contributed by atoms with Gasteiger partial charge in [0, 0.05) is 17.7 Å². The van der Waals surface area contributed by atoms with E-state index >= 15 is 0 Å². The number of rotatable bonds is 7. The number of phenols is 4. The van der Waals surface area contributed by atoms with E-state index in [9.17, 15) is 40.9 Å². The summed E-state index contributed by atoms with van der Waals surface area (Å²) in [6.07, 6.45) is -4.52. The number of phenolic OH excluding ortho intramolecular Hbond substituents is 4. The van der Waals surface area contributed by atoms with Crippen molar-refractivity contribution in [3.63, 3.8) is 0 Å². The number of ether oxygens (including phenoxy) is 3. The molecule has 0 bridgehead atoms. The molecule has 0 spiro atoms. The van der Waals surface area contributed by atoms with Crippen molar-refractivity contribution in [3.8, 4) is 34.5 Å². The molecular formula is C34H32O11. The fraction of sp³-hybridized carbons (Fsp3) is 0.235. The predicted octanol–water partition coefficient (Wildman–Crippen LogP) is 3.12. The minimum Gasteiger partial charge on any atom is -0.508 e. The maximum Gasteiger partial charge on any atom is 0.229 e. The Hall–Kier alpha value is -4.78. The summed E-state index contributed by atoms with van der Waals surface area (Å²) in [5.74, 6) is -0.146. The van der Waals surface area contributed by atoms with Crippen LogP contribution in [0.3, 0.4) is 0 Å². The molecule has 0 amide bonds. The first kappa shape index (κ1) is 30.3. The Kier molecular flexibility index (Phi) is 8.28. The highest BCUT2D eigenvalue weighted by Gasteiger charge is 2.45. The molecule has 6 rings (SSSR count). The maximum absolute atomic E-state index is 10.6. The second-order valence-electron chi connectivity index (χ2n) is 11.1. The largest absolute Gasteiger partial charge is 0.508 e. The van der Waals surface area contributed by atoms with Crippen molar-refractivity contribution < 1.29 is 55.1 Å². The molecule has 234 valence electrons. The van der Waals surface area contributed by atoms with Crippen LogP contribution in [0.4, 0.5) is 0 Å². The van der Waals surface area contributed by atoms with Gasteiger partial charge >= 0.3 is 0 Å². The van der Waals surface area contributed by atoms with E-state index in [4.69, 9.17) is 14.2 Å². The Balaban J connectivity index is 1.48. The number of aliphatic hydroxyl groups is 4. The molecule has 0 aliphatic carbocycles. The molecule has 4 aromatic rings. The molecule has 1 fully saturated rings. The number of hydrogen-bond acceptors (Lipinski definition) is 11. The van der Waals surface area contributed by atoms with E-state index in [2.05, 4.69) is 0 Å². The molecule has 7 atom stereocenters. The van der Waals surface area contributed by atoms with Gasteiger partial charge < -0.3 is 55.1 Å². The average Bonchev–Trinajstić information content (AvgIpc) is 3.40. The second kappa shape index (κ2) is 12.3. The Morgan fingerprint density at radius 2 is 1.31 bits per heavy atom. The maximum atomic E-state index is 10.6. The lowest BCUT2D eigenvalue weighted by atomic mass is 9.82. The minimum atomic E-state index is -1.64. The highest BCUT2D eigenvalue weighted by molar-refractivity contribution is 5.75. The third-order valence-electron chi connectivity index (χ3n) is 7.97. The summed E-state index contributed by atoms with van der Waals surface area (Å²) in [4.78, 5) is 0. The third-order valence-corrected chi connectivity index (χ3v) is 7.97.